The van der Waals surface area contributed by atoms with Gasteiger partial charge in [-0.15, -0.1) is 0 Å². The zero-order valence-corrected chi connectivity index (χ0v) is 14.0. The van der Waals surface area contributed by atoms with Gasteiger partial charge < -0.3 is 0 Å². The maximum absolute atomic E-state index is 14.4. The second-order valence-electron chi connectivity index (χ2n) is 6.62. The molecule has 1 unspecified atom stereocenters. The molecular weight excluding hydrogens is 290 g/mol. The van der Waals surface area contributed by atoms with Crippen molar-refractivity contribution >= 4 is 0 Å². The molecule has 0 saturated heterocycles. The molecule has 0 N–H and O–H groups in total. The van der Waals surface area contributed by atoms with Gasteiger partial charge >= 0.3 is 0 Å². The Balaban J connectivity index is 1.88. The van der Waals surface area contributed by atoms with Crippen molar-refractivity contribution in [1.82, 2.24) is 0 Å². The van der Waals surface area contributed by atoms with E-state index < -0.39 is 0 Å². The number of halogens is 2. The number of hydrogen-bond donors (Lipinski definition) is 0. The number of rotatable bonds is 4. The van der Waals surface area contributed by atoms with Crippen molar-refractivity contribution in [1.29, 1.82) is 0 Å². The van der Waals surface area contributed by atoms with Crippen LogP contribution < -0.4 is 0 Å². The van der Waals surface area contributed by atoms with Gasteiger partial charge in [-0.05, 0) is 72.4 Å². The summed E-state index contributed by atoms with van der Waals surface area (Å²) in [6.45, 7) is 4.10. The molecule has 0 nitrogen and oxygen atoms in total. The molecule has 0 bridgehead atoms. The summed E-state index contributed by atoms with van der Waals surface area (Å²) in [5.74, 6) is -0.804. The van der Waals surface area contributed by atoms with E-state index in [4.69, 9.17) is 0 Å². The molecule has 23 heavy (non-hydrogen) atoms. The SMILES string of the molecule is CCCc1ccc2c(c1)CCC(c1c(F)cc(CC)cc1F)C2. The molecule has 122 valence electrons. The van der Waals surface area contributed by atoms with E-state index in [9.17, 15) is 8.78 Å². The average molecular weight is 314 g/mol. The molecule has 2 heteroatoms. The molecule has 1 aliphatic rings. The number of hydrogen-bond acceptors (Lipinski definition) is 0. The Labute approximate surface area is 137 Å². The van der Waals surface area contributed by atoms with Crippen LogP contribution in [0.4, 0.5) is 8.78 Å². The van der Waals surface area contributed by atoms with Crippen molar-refractivity contribution in [3.8, 4) is 0 Å². The lowest BCUT2D eigenvalue weighted by molar-refractivity contribution is 0.490. The van der Waals surface area contributed by atoms with E-state index in [-0.39, 0.29) is 23.1 Å². The Morgan fingerprint density at radius 1 is 0.957 bits per heavy atom. The lowest BCUT2D eigenvalue weighted by atomic mass is 9.79. The minimum atomic E-state index is -0.377. The fourth-order valence-corrected chi connectivity index (χ4v) is 3.73. The third-order valence-corrected chi connectivity index (χ3v) is 4.99. The fourth-order valence-electron chi connectivity index (χ4n) is 3.73. The van der Waals surface area contributed by atoms with Crippen LogP contribution in [0.2, 0.25) is 0 Å². The van der Waals surface area contributed by atoms with Crippen LogP contribution in [-0.4, -0.2) is 0 Å². The first-order valence-electron chi connectivity index (χ1n) is 8.70. The largest absolute Gasteiger partial charge is 0.207 e. The molecule has 0 heterocycles. The smallest absolute Gasteiger partial charge is 0.129 e. The molecule has 0 radical (unpaired) electrons. The molecule has 0 aliphatic heterocycles. The van der Waals surface area contributed by atoms with Crippen LogP contribution in [0.15, 0.2) is 30.3 Å². The first-order chi connectivity index (χ1) is 11.1. The number of fused-ring (bicyclic) bond motifs is 1. The second-order valence-corrected chi connectivity index (χ2v) is 6.62. The van der Waals surface area contributed by atoms with Crippen molar-refractivity contribution in [2.75, 3.05) is 0 Å². The minimum Gasteiger partial charge on any atom is -0.207 e. The predicted octanol–water partition coefficient (Wildman–Crippen LogP) is 5.75. The van der Waals surface area contributed by atoms with Crippen molar-refractivity contribution < 1.29 is 8.78 Å². The molecule has 0 amide bonds. The van der Waals surface area contributed by atoms with Gasteiger partial charge in [-0.2, -0.15) is 0 Å². The summed E-state index contributed by atoms with van der Waals surface area (Å²) in [7, 11) is 0. The van der Waals surface area contributed by atoms with Crippen LogP contribution in [-0.2, 0) is 25.7 Å². The average Bonchev–Trinajstić information content (AvgIpc) is 2.54. The van der Waals surface area contributed by atoms with Gasteiger partial charge in [-0.1, -0.05) is 38.5 Å². The Kier molecular flexibility index (Phi) is 4.79. The first-order valence-corrected chi connectivity index (χ1v) is 8.70. The fraction of sp³-hybridized carbons (Fsp3) is 0.429. The Hall–Kier alpha value is -1.70. The van der Waals surface area contributed by atoms with E-state index in [2.05, 4.69) is 25.1 Å². The van der Waals surface area contributed by atoms with Crippen molar-refractivity contribution in [2.45, 2.75) is 58.3 Å². The summed E-state index contributed by atoms with van der Waals surface area (Å²) in [4.78, 5) is 0. The van der Waals surface area contributed by atoms with Gasteiger partial charge in [0.25, 0.3) is 0 Å². The van der Waals surface area contributed by atoms with Gasteiger partial charge in [-0.3, -0.25) is 0 Å². The molecule has 0 saturated carbocycles. The van der Waals surface area contributed by atoms with Gasteiger partial charge in [0.15, 0.2) is 0 Å². The Bertz CT molecular complexity index is 680. The summed E-state index contributed by atoms with van der Waals surface area (Å²) < 4.78 is 28.8. The molecule has 0 fully saturated rings. The van der Waals surface area contributed by atoms with Crippen LogP contribution in [0, 0.1) is 11.6 Å². The van der Waals surface area contributed by atoms with Crippen LogP contribution >= 0.6 is 0 Å². The van der Waals surface area contributed by atoms with Gasteiger partial charge in [-0.25, -0.2) is 8.78 Å². The van der Waals surface area contributed by atoms with Crippen LogP contribution in [0.5, 0.6) is 0 Å². The second kappa shape index (κ2) is 6.82. The molecule has 3 rings (SSSR count). The van der Waals surface area contributed by atoms with E-state index in [1.165, 1.54) is 28.8 Å². The van der Waals surface area contributed by atoms with Crippen LogP contribution in [0.1, 0.15) is 60.4 Å². The highest BCUT2D eigenvalue weighted by Crippen LogP contribution is 2.36. The van der Waals surface area contributed by atoms with Gasteiger partial charge in [0.05, 0.1) is 0 Å². The quantitative estimate of drug-likeness (QED) is 0.674. The van der Waals surface area contributed by atoms with E-state index in [0.29, 0.717) is 6.42 Å². The highest BCUT2D eigenvalue weighted by molar-refractivity contribution is 5.38. The predicted molar refractivity (Wildman–Crippen MR) is 90.9 cm³/mol. The van der Waals surface area contributed by atoms with Crippen LogP contribution in [0.3, 0.4) is 0 Å². The molecular formula is C21H24F2. The lowest BCUT2D eigenvalue weighted by Gasteiger charge is -2.26. The zero-order chi connectivity index (χ0) is 16.4. The lowest BCUT2D eigenvalue weighted by Crippen LogP contribution is -2.16. The van der Waals surface area contributed by atoms with Gasteiger partial charge in [0.2, 0.25) is 0 Å². The first kappa shape index (κ1) is 16.2. The minimum absolute atomic E-state index is 0.0505. The van der Waals surface area contributed by atoms with Gasteiger partial charge in [0, 0.05) is 5.56 Å². The monoisotopic (exact) mass is 314 g/mol. The van der Waals surface area contributed by atoms with Gasteiger partial charge in [0.1, 0.15) is 11.6 Å². The third-order valence-electron chi connectivity index (χ3n) is 4.99. The maximum atomic E-state index is 14.4. The Morgan fingerprint density at radius 2 is 1.70 bits per heavy atom. The van der Waals surface area contributed by atoms with Crippen LogP contribution in [0.25, 0.3) is 0 Å². The summed E-state index contributed by atoms with van der Waals surface area (Å²) in [5, 5.41) is 0. The zero-order valence-electron chi connectivity index (χ0n) is 14.0. The summed E-state index contributed by atoms with van der Waals surface area (Å²) in [6.07, 6.45) is 5.36. The summed E-state index contributed by atoms with van der Waals surface area (Å²) in [6, 6.07) is 9.60. The normalized spacial score (nSPS) is 17.1. The maximum Gasteiger partial charge on any atom is 0.129 e. The summed E-state index contributed by atoms with van der Waals surface area (Å²) >= 11 is 0. The highest BCUT2D eigenvalue weighted by Gasteiger charge is 2.25. The standard InChI is InChI=1S/C21H24F2/c1-3-5-15-6-7-17-13-18(9-8-16(17)10-15)21-19(22)11-14(4-2)12-20(21)23/h6-7,10-12,18H,3-5,8-9,13H2,1-2H3. The van der Waals surface area contributed by atoms with E-state index in [1.807, 2.05) is 6.92 Å². The topological polar surface area (TPSA) is 0 Å². The molecule has 2 aromatic carbocycles. The number of benzene rings is 2. The molecule has 1 atom stereocenters. The molecule has 2 aromatic rings. The third kappa shape index (κ3) is 3.31. The molecule has 0 spiro atoms. The highest BCUT2D eigenvalue weighted by atomic mass is 19.1. The Morgan fingerprint density at radius 3 is 2.35 bits per heavy atom. The number of aryl methyl sites for hydroxylation is 3. The molecule has 1 aliphatic carbocycles. The van der Waals surface area contributed by atoms with Crippen molar-refractivity contribution in [2.24, 2.45) is 0 Å². The summed E-state index contributed by atoms with van der Waals surface area (Å²) in [5.41, 5.74) is 4.99. The van der Waals surface area contributed by atoms with E-state index in [0.717, 1.165) is 37.7 Å². The molecule has 0 aromatic heterocycles. The van der Waals surface area contributed by atoms with Crippen molar-refractivity contribution in [3.05, 3.63) is 69.8 Å². The van der Waals surface area contributed by atoms with Crippen molar-refractivity contribution in [3.63, 3.8) is 0 Å². The van der Waals surface area contributed by atoms with E-state index >= 15 is 0 Å². The van der Waals surface area contributed by atoms with E-state index in [1.54, 1.807) is 0 Å².